The van der Waals surface area contributed by atoms with Crippen LogP contribution in [0.1, 0.15) is 41.8 Å². The Hall–Kier alpha value is -2.52. The van der Waals surface area contributed by atoms with Crippen molar-refractivity contribution in [3.05, 3.63) is 35.6 Å². The van der Waals surface area contributed by atoms with Gasteiger partial charge in [-0.15, -0.1) is 0 Å². The third-order valence-corrected chi connectivity index (χ3v) is 3.48. The van der Waals surface area contributed by atoms with Gasteiger partial charge in [-0.2, -0.15) is 4.98 Å². The lowest BCUT2D eigenvalue weighted by Gasteiger charge is -2.20. The van der Waals surface area contributed by atoms with E-state index in [1.807, 2.05) is 13.8 Å². The smallest absolute Gasteiger partial charge is 0.253 e. The molecule has 1 amide bonds. The van der Waals surface area contributed by atoms with Crippen LogP contribution in [-0.2, 0) is 6.54 Å². The summed E-state index contributed by atoms with van der Waals surface area (Å²) < 4.78 is 5.08. The zero-order valence-corrected chi connectivity index (χ0v) is 14.5. The van der Waals surface area contributed by atoms with E-state index in [1.165, 1.54) is 6.20 Å². The highest BCUT2D eigenvalue weighted by Crippen LogP contribution is 2.12. The minimum absolute atomic E-state index is 0.134. The average Bonchev–Trinajstić information content (AvgIpc) is 3.09. The Balaban J connectivity index is 1.91. The van der Waals surface area contributed by atoms with Gasteiger partial charge in [-0.05, 0) is 12.1 Å². The molecule has 9 nitrogen and oxygen atoms in total. The molecule has 3 N–H and O–H groups in total. The summed E-state index contributed by atoms with van der Waals surface area (Å²) in [5.41, 5.74) is 0.396. The number of aliphatic hydroxyl groups is 2. The minimum atomic E-state index is -0.847. The van der Waals surface area contributed by atoms with Crippen molar-refractivity contribution in [3.8, 4) is 0 Å². The number of nitrogens with one attached hydrogen (secondary N) is 1. The summed E-state index contributed by atoms with van der Waals surface area (Å²) >= 11 is 0. The maximum absolute atomic E-state index is 12.1. The van der Waals surface area contributed by atoms with Gasteiger partial charge in [-0.1, -0.05) is 19.0 Å². The molecule has 136 valence electrons. The fourth-order valence-electron chi connectivity index (χ4n) is 2.05. The van der Waals surface area contributed by atoms with Gasteiger partial charge in [0.05, 0.1) is 24.8 Å². The molecular formula is C16H23N5O4. The second-order valence-corrected chi connectivity index (χ2v) is 6.01. The van der Waals surface area contributed by atoms with Gasteiger partial charge in [-0.3, -0.25) is 4.79 Å². The number of aliphatic hydroxyl groups excluding tert-OH is 2. The number of aromatic nitrogens is 3. The fourth-order valence-corrected chi connectivity index (χ4v) is 2.05. The average molecular weight is 349 g/mol. The Morgan fingerprint density at radius 2 is 2.16 bits per heavy atom. The standard InChI is InChI=1S/C16H23N5O4/c1-10(2)16-19-13(20-25-16)7-18-15(24)11-4-5-14(17-6-11)21(3)8-12(23)9-22/h4-6,10,12,22-23H,7-9H2,1-3H3,(H,18,24)/t12-/m1/s1. The third kappa shape index (κ3) is 5.23. The maximum Gasteiger partial charge on any atom is 0.253 e. The van der Waals surface area contributed by atoms with E-state index in [9.17, 15) is 9.90 Å². The molecule has 25 heavy (non-hydrogen) atoms. The number of carbonyl (C=O) groups is 1. The predicted octanol–water partition coefficient (Wildman–Crippen LogP) is 0.307. The van der Waals surface area contributed by atoms with Crippen molar-refractivity contribution in [3.63, 3.8) is 0 Å². The van der Waals surface area contributed by atoms with Gasteiger partial charge in [0.15, 0.2) is 5.82 Å². The maximum atomic E-state index is 12.1. The highest BCUT2D eigenvalue weighted by Gasteiger charge is 2.13. The molecular weight excluding hydrogens is 326 g/mol. The van der Waals surface area contributed by atoms with E-state index in [0.29, 0.717) is 23.1 Å². The number of carbonyl (C=O) groups excluding carboxylic acids is 1. The number of nitrogens with zero attached hydrogens (tertiary/aromatic N) is 4. The minimum Gasteiger partial charge on any atom is -0.394 e. The van der Waals surface area contributed by atoms with Gasteiger partial charge in [0, 0.05) is 25.7 Å². The first-order valence-corrected chi connectivity index (χ1v) is 7.97. The van der Waals surface area contributed by atoms with E-state index >= 15 is 0 Å². The van der Waals surface area contributed by atoms with Crippen LogP contribution < -0.4 is 10.2 Å². The van der Waals surface area contributed by atoms with E-state index in [-0.39, 0.29) is 31.5 Å². The molecule has 0 unspecified atom stereocenters. The van der Waals surface area contributed by atoms with Crippen LogP contribution in [0.5, 0.6) is 0 Å². The molecule has 1 atom stereocenters. The van der Waals surface area contributed by atoms with Crippen molar-refractivity contribution < 1.29 is 19.5 Å². The van der Waals surface area contributed by atoms with Crippen LogP contribution >= 0.6 is 0 Å². The molecule has 0 bridgehead atoms. The Morgan fingerprint density at radius 1 is 1.40 bits per heavy atom. The molecule has 9 heteroatoms. The first-order valence-electron chi connectivity index (χ1n) is 7.97. The van der Waals surface area contributed by atoms with Crippen molar-refractivity contribution in [1.82, 2.24) is 20.4 Å². The summed E-state index contributed by atoms with van der Waals surface area (Å²) in [6.45, 7) is 3.98. The molecule has 2 aromatic heterocycles. The van der Waals surface area contributed by atoms with Crippen molar-refractivity contribution in [2.75, 3.05) is 25.1 Å². The summed E-state index contributed by atoms with van der Waals surface area (Å²) in [5, 5.41) is 24.8. The van der Waals surface area contributed by atoms with Crippen LogP contribution in [0.4, 0.5) is 5.82 Å². The summed E-state index contributed by atoms with van der Waals surface area (Å²) in [7, 11) is 1.74. The zero-order valence-electron chi connectivity index (χ0n) is 14.5. The van der Waals surface area contributed by atoms with Crippen LogP contribution in [0.3, 0.4) is 0 Å². The largest absolute Gasteiger partial charge is 0.394 e. The fraction of sp³-hybridized carbons (Fsp3) is 0.500. The Bertz CT molecular complexity index is 686. The van der Waals surface area contributed by atoms with E-state index in [4.69, 9.17) is 9.63 Å². The van der Waals surface area contributed by atoms with E-state index in [0.717, 1.165) is 0 Å². The van der Waals surface area contributed by atoms with Crippen molar-refractivity contribution >= 4 is 11.7 Å². The van der Waals surface area contributed by atoms with Crippen LogP contribution in [0, 0.1) is 0 Å². The van der Waals surface area contributed by atoms with Crippen molar-refractivity contribution in [2.24, 2.45) is 0 Å². The topological polar surface area (TPSA) is 125 Å². The zero-order chi connectivity index (χ0) is 18.4. The number of hydrogen-bond acceptors (Lipinski definition) is 8. The number of likely N-dealkylation sites (N-methyl/N-ethyl adjacent to an activating group) is 1. The number of rotatable bonds is 8. The Kier molecular flexibility index (Phi) is 6.43. The molecule has 0 saturated carbocycles. The Labute approximate surface area is 145 Å². The van der Waals surface area contributed by atoms with Gasteiger partial charge < -0.3 is 25.0 Å². The monoisotopic (exact) mass is 349 g/mol. The summed E-state index contributed by atoms with van der Waals surface area (Å²) in [5.74, 6) is 1.37. The van der Waals surface area contributed by atoms with Gasteiger partial charge in [-0.25, -0.2) is 4.98 Å². The van der Waals surface area contributed by atoms with Crippen LogP contribution in [0.2, 0.25) is 0 Å². The third-order valence-electron chi connectivity index (χ3n) is 3.48. The van der Waals surface area contributed by atoms with Crippen LogP contribution in [-0.4, -0.2) is 57.5 Å². The van der Waals surface area contributed by atoms with Gasteiger partial charge in [0.25, 0.3) is 5.91 Å². The second kappa shape index (κ2) is 8.54. The summed E-state index contributed by atoms with van der Waals surface area (Å²) in [6, 6.07) is 3.31. The second-order valence-electron chi connectivity index (χ2n) is 6.01. The van der Waals surface area contributed by atoms with Crippen LogP contribution in [0.15, 0.2) is 22.9 Å². The highest BCUT2D eigenvalue weighted by atomic mass is 16.5. The number of pyridine rings is 1. The first-order chi connectivity index (χ1) is 11.9. The lowest BCUT2D eigenvalue weighted by atomic mass is 10.2. The van der Waals surface area contributed by atoms with E-state index in [2.05, 4.69) is 20.4 Å². The predicted molar refractivity (Wildman–Crippen MR) is 90.2 cm³/mol. The SMILES string of the molecule is CC(C)c1nc(CNC(=O)c2ccc(N(C)C[C@@H](O)CO)nc2)no1. The lowest BCUT2D eigenvalue weighted by molar-refractivity contribution is 0.0949. The Morgan fingerprint density at radius 3 is 2.72 bits per heavy atom. The first kappa shape index (κ1) is 18.8. The number of hydrogen-bond donors (Lipinski definition) is 3. The lowest BCUT2D eigenvalue weighted by Crippen LogP contribution is -2.31. The van der Waals surface area contributed by atoms with Crippen molar-refractivity contribution in [1.29, 1.82) is 0 Å². The van der Waals surface area contributed by atoms with E-state index in [1.54, 1.807) is 24.1 Å². The molecule has 2 heterocycles. The van der Waals surface area contributed by atoms with Gasteiger partial charge in [0.2, 0.25) is 5.89 Å². The molecule has 2 rings (SSSR count). The summed E-state index contributed by atoms with van der Waals surface area (Å²) in [4.78, 5) is 22.2. The molecule has 0 aromatic carbocycles. The quantitative estimate of drug-likeness (QED) is 0.622. The van der Waals surface area contributed by atoms with Gasteiger partial charge in [0.1, 0.15) is 5.82 Å². The summed E-state index contributed by atoms with van der Waals surface area (Å²) in [6.07, 6.45) is 0.600. The molecule has 2 aromatic rings. The molecule has 0 aliphatic carbocycles. The number of anilines is 1. The van der Waals surface area contributed by atoms with Crippen molar-refractivity contribution in [2.45, 2.75) is 32.4 Å². The normalized spacial score (nSPS) is 12.2. The number of amides is 1. The highest BCUT2D eigenvalue weighted by molar-refractivity contribution is 5.93. The molecule has 0 aliphatic rings. The molecule has 0 fully saturated rings. The molecule has 0 radical (unpaired) electrons. The van der Waals surface area contributed by atoms with Gasteiger partial charge >= 0.3 is 0 Å². The van der Waals surface area contributed by atoms with E-state index < -0.39 is 6.10 Å². The molecule has 0 spiro atoms. The molecule has 0 aliphatic heterocycles. The van der Waals surface area contributed by atoms with Crippen LogP contribution in [0.25, 0.3) is 0 Å². The molecule has 0 saturated heterocycles.